The molecule has 2 rings (SSSR count). The molecule has 20 heavy (non-hydrogen) atoms. The SMILES string of the molecule is CN(Cc1ccc(O)cc1)S(=O)(=O)c1ccccc1Br. The van der Waals surface area contributed by atoms with Crippen LogP contribution in [0.3, 0.4) is 0 Å². The summed E-state index contributed by atoms with van der Waals surface area (Å²) >= 11 is 3.26. The molecule has 0 amide bonds. The van der Waals surface area contributed by atoms with Crippen LogP contribution in [0.1, 0.15) is 5.56 Å². The average Bonchev–Trinajstić information content (AvgIpc) is 2.41. The maximum absolute atomic E-state index is 12.5. The second-order valence-electron chi connectivity index (χ2n) is 4.36. The van der Waals surface area contributed by atoms with Crippen LogP contribution in [0.25, 0.3) is 0 Å². The van der Waals surface area contributed by atoms with E-state index in [1.165, 1.54) is 23.5 Å². The highest BCUT2D eigenvalue weighted by Gasteiger charge is 2.22. The van der Waals surface area contributed by atoms with Gasteiger partial charge in [-0.25, -0.2) is 8.42 Å². The molecule has 1 N–H and O–H groups in total. The van der Waals surface area contributed by atoms with Gasteiger partial charge in [0.2, 0.25) is 10.0 Å². The van der Waals surface area contributed by atoms with Gasteiger partial charge in [0.25, 0.3) is 0 Å². The first kappa shape index (κ1) is 15.0. The Balaban J connectivity index is 2.26. The largest absolute Gasteiger partial charge is 0.508 e. The van der Waals surface area contributed by atoms with Crippen LogP contribution in [-0.4, -0.2) is 24.9 Å². The summed E-state index contributed by atoms with van der Waals surface area (Å²) in [5.41, 5.74) is 0.806. The molecule has 0 saturated heterocycles. The van der Waals surface area contributed by atoms with Gasteiger partial charge in [-0.1, -0.05) is 24.3 Å². The molecule has 6 heteroatoms. The van der Waals surface area contributed by atoms with Gasteiger partial charge in [-0.15, -0.1) is 0 Å². The maximum Gasteiger partial charge on any atom is 0.244 e. The van der Waals surface area contributed by atoms with Crippen LogP contribution < -0.4 is 0 Å². The van der Waals surface area contributed by atoms with Gasteiger partial charge < -0.3 is 5.11 Å². The number of benzene rings is 2. The van der Waals surface area contributed by atoms with Crippen LogP contribution in [0.4, 0.5) is 0 Å². The standard InChI is InChI=1S/C14H14BrNO3S/c1-16(10-11-6-8-12(17)9-7-11)20(18,19)14-5-3-2-4-13(14)15/h2-9,17H,10H2,1H3. The average molecular weight is 356 g/mol. The van der Waals surface area contributed by atoms with Gasteiger partial charge in [0.05, 0.1) is 4.90 Å². The van der Waals surface area contributed by atoms with E-state index in [9.17, 15) is 13.5 Å². The summed E-state index contributed by atoms with van der Waals surface area (Å²) in [6.07, 6.45) is 0. The highest BCUT2D eigenvalue weighted by molar-refractivity contribution is 9.10. The molecule has 0 heterocycles. The van der Waals surface area contributed by atoms with Gasteiger partial charge in [-0.05, 0) is 45.8 Å². The summed E-state index contributed by atoms with van der Waals surface area (Å²) in [5.74, 6) is 0.157. The number of phenols is 1. The Morgan fingerprint density at radius 1 is 1.10 bits per heavy atom. The van der Waals surface area contributed by atoms with E-state index >= 15 is 0 Å². The van der Waals surface area contributed by atoms with Gasteiger partial charge in [-0.2, -0.15) is 4.31 Å². The fourth-order valence-electron chi connectivity index (χ4n) is 1.77. The lowest BCUT2D eigenvalue weighted by Gasteiger charge is -2.18. The number of nitrogens with zero attached hydrogens (tertiary/aromatic N) is 1. The first-order chi connectivity index (χ1) is 9.41. The van der Waals surface area contributed by atoms with Crippen molar-refractivity contribution in [3.8, 4) is 5.75 Å². The Bertz CT molecular complexity index is 699. The molecule has 0 unspecified atom stereocenters. The number of hydrogen-bond acceptors (Lipinski definition) is 3. The van der Waals surface area contributed by atoms with E-state index in [4.69, 9.17) is 0 Å². The molecule has 0 aromatic heterocycles. The summed E-state index contributed by atoms with van der Waals surface area (Å²) in [6.45, 7) is 0.240. The minimum absolute atomic E-state index is 0.157. The predicted molar refractivity (Wildman–Crippen MR) is 80.9 cm³/mol. The third-order valence-electron chi connectivity index (χ3n) is 2.87. The van der Waals surface area contributed by atoms with Crippen LogP contribution >= 0.6 is 15.9 Å². The second kappa shape index (κ2) is 5.95. The Morgan fingerprint density at radius 3 is 2.30 bits per heavy atom. The molecule has 106 valence electrons. The van der Waals surface area contributed by atoms with E-state index in [0.29, 0.717) is 4.47 Å². The first-order valence-electron chi connectivity index (χ1n) is 5.90. The molecule has 2 aromatic carbocycles. The Morgan fingerprint density at radius 2 is 1.70 bits per heavy atom. The van der Waals surface area contributed by atoms with E-state index in [-0.39, 0.29) is 17.2 Å². The molecule has 0 aliphatic heterocycles. The van der Waals surface area contributed by atoms with Crippen LogP contribution in [0, 0.1) is 0 Å². The van der Waals surface area contributed by atoms with Crippen molar-refractivity contribution in [2.75, 3.05) is 7.05 Å². The molecule has 4 nitrogen and oxygen atoms in total. The smallest absolute Gasteiger partial charge is 0.244 e. The zero-order valence-corrected chi connectivity index (χ0v) is 13.2. The Kier molecular flexibility index (Phi) is 4.47. The van der Waals surface area contributed by atoms with Gasteiger partial charge in [0.1, 0.15) is 5.75 Å². The molecule has 0 saturated carbocycles. The second-order valence-corrected chi connectivity index (χ2v) is 7.23. The van der Waals surface area contributed by atoms with Crippen molar-refractivity contribution < 1.29 is 13.5 Å². The van der Waals surface area contributed by atoms with Crippen molar-refractivity contribution in [2.24, 2.45) is 0 Å². The first-order valence-corrected chi connectivity index (χ1v) is 8.13. The van der Waals surface area contributed by atoms with Crippen LogP contribution in [0.2, 0.25) is 0 Å². The zero-order valence-electron chi connectivity index (χ0n) is 10.8. The van der Waals surface area contributed by atoms with Gasteiger partial charge in [0.15, 0.2) is 0 Å². The van der Waals surface area contributed by atoms with E-state index in [1.807, 2.05) is 0 Å². The third kappa shape index (κ3) is 3.20. The molecule has 0 aliphatic rings. The molecule has 0 aliphatic carbocycles. The molecule has 0 atom stereocenters. The molecule has 0 spiro atoms. The number of aromatic hydroxyl groups is 1. The van der Waals surface area contributed by atoms with E-state index in [2.05, 4.69) is 15.9 Å². The number of phenolic OH excluding ortho intramolecular Hbond substituents is 1. The molecule has 2 aromatic rings. The van der Waals surface area contributed by atoms with Crippen LogP contribution in [0.5, 0.6) is 5.75 Å². The fourth-order valence-corrected chi connectivity index (χ4v) is 3.88. The monoisotopic (exact) mass is 355 g/mol. The lowest BCUT2D eigenvalue weighted by Crippen LogP contribution is -2.26. The van der Waals surface area contributed by atoms with Gasteiger partial charge in [-0.3, -0.25) is 0 Å². The van der Waals surface area contributed by atoms with E-state index in [1.54, 1.807) is 36.4 Å². The van der Waals surface area contributed by atoms with Crippen molar-refractivity contribution in [3.05, 3.63) is 58.6 Å². The summed E-state index contributed by atoms with van der Waals surface area (Å²) in [5, 5.41) is 9.23. The fraction of sp³-hybridized carbons (Fsp3) is 0.143. The van der Waals surface area contributed by atoms with E-state index in [0.717, 1.165) is 5.56 Å². The van der Waals surface area contributed by atoms with Gasteiger partial charge in [0, 0.05) is 18.1 Å². The minimum Gasteiger partial charge on any atom is -0.508 e. The van der Waals surface area contributed by atoms with Gasteiger partial charge >= 0.3 is 0 Å². The Labute approximate surface area is 126 Å². The van der Waals surface area contributed by atoms with Crippen molar-refractivity contribution in [1.29, 1.82) is 0 Å². The van der Waals surface area contributed by atoms with Crippen molar-refractivity contribution >= 4 is 26.0 Å². The van der Waals surface area contributed by atoms with Crippen molar-refractivity contribution in [2.45, 2.75) is 11.4 Å². The topological polar surface area (TPSA) is 57.6 Å². The van der Waals surface area contributed by atoms with Crippen LogP contribution in [-0.2, 0) is 16.6 Å². The molecular weight excluding hydrogens is 342 g/mol. The zero-order chi connectivity index (χ0) is 14.8. The van der Waals surface area contributed by atoms with Crippen molar-refractivity contribution in [1.82, 2.24) is 4.31 Å². The number of halogens is 1. The number of sulfonamides is 1. The van der Waals surface area contributed by atoms with Crippen LogP contribution in [0.15, 0.2) is 57.9 Å². The lowest BCUT2D eigenvalue weighted by atomic mass is 10.2. The lowest BCUT2D eigenvalue weighted by molar-refractivity contribution is 0.463. The van der Waals surface area contributed by atoms with Crippen molar-refractivity contribution in [3.63, 3.8) is 0 Å². The number of rotatable bonds is 4. The highest BCUT2D eigenvalue weighted by atomic mass is 79.9. The summed E-state index contributed by atoms with van der Waals surface area (Å²) in [7, 11) is -2.02. The molecule has 0 radical (unpaired) electrons. The Hall–Kier alpha value is -1.37. The highest BCUT2D eigenvalue weighted by Crippen LogP contribution is 2.25. The molecule has 0 bridgehead atoms. The summed E-state index contributed by atoms with van der Waals surface area (Å²) in [6, 6.07) is 13.2. The molecular formula is C14H14BrNO3S. The minimum atomic E-state index is -3.55. The molecule has 0 fully saturated rings. The summed E-state index contributed by atoms with van der Waals surface area (Å²) in [4.78, 5) is 0.237. The maximum atomic E-state index is 12.5. The third-order valence-corrected chi connectivity index (χ3v) is 5.68. The predicted octanol–water partition coefficient (Wildman–Crippen LogP) is 2.98. The van der Waals surface area contributed by atoms with E-state index < -0.39 is 10.0 Å². The normalized spacial score (nSPS) is 11.8. The quantitative estimate of drug-likeness (QED) is 0.916. The number of hydrogen-bond donors (Lipinski definition) is 1. The summed E-state index contributed by atoms with van der Waals surface area (Å²) < 4.78 is 26.8.